The lowest BCUT2D eigenvalue weighted by atomic mass is 10.1. The van der Waals surface area contributed by atoms with Gasteiger partial charge in [-0.25, -0.2) is 0 Å². The second-order valence-corrected chi connectivity index (χ2v) is 4.35. The molecular formula is C12H7Cl2NO. The van der Waals surface area contributed by atoms with E-state index in [-0.39, 0.29) is 0 Å². The van der Waals surface area contributed by atoms with Gasteiger partial charge < -0.3 is 10.2 Å². The van der Waals surface area contributed by atoms with Gasteiger partial charge in [-0.05, 0) is 12.1 Å². The minimum absolute atomic E-state index is 0.356. The Morgan fingerprint density at radius 1 is 1.06 bits per heavy atom. The van der Waals surface area contributed by atoms with Gasteiger partial charge in [0.05, 0.1) is 10.7 Å². The third kappa shape index (κ3) is 1.20. The van der Waals surface area contributed by atoms with Gasteiger partial charge in [0.2, 0.25) is 0 Å². The molecular weight excluding hydrogens is 245 g/mol. The molecule has 0 atom stereocenters. The zero-order chi connectivity index (χ0) is 11.3. The number of para-hydroxylation sites is 1. The number of hydrogen-bond donors (Lipinski definition) is 1. The molecule has 0 aliphatic carbocycles. The van der Waals surface area contributed by atoms with Gasteiger partial charge in [0.15, 0.2) is 5.58 Å². The van der Waals surface area contributed by atoms with Gasteiger partial charge in [0.25, 0.3) is 0 Å². The molecule has 2 N–H and O–H groups in total. The highest BCUT2D eigenvalue weighted by Crippen LogP contribution is 2.39. The molecule has 0 bridgehead atoms. The fourth-order valence-electron chi connectivity index (χ4n) is 1.80. The normalized spacial score (nSPS) is 11.4. The zero-order valence-electron chi connectivity index (χ0n) is 8.13. The molecule has 0 aliphatic heterocycles. The van der Waals surface area contributed by atoms with Gasteiger partial charge in [-0.1, -0.05) is 41.4 Å². The van der Waals surface area contributed by atoms with Crippen LogP contribution in [-0.2, 0) is 0 Å². The smallest absolute Gasteiger partial charge is 0.156 e. The molecule has 1 aromatic heterocycles. The van der Waals surface area contributed by atoms with E-state index in [2.05, 4.69) is 0 Å². The number of halogens is 2. The van der Waals surface area contributed by atoms with E-state index in [9.17, 15) is 0 Å². The Morgan fingerprint density at radius 2 is 1.81 bits per heavy atom. The molecule has 4 heteroatoms. The van der Waals surface area contributed by atoms with Crippen molar-refractivity contribution < 1.29 is 4.42 Å². The van der Waals surface area contributed by atoms with Gasteiger partial charge >= 0.3 is 0 Å². The number of fused-ring (bicyclic) bond motifs is 3. The summed E-state index contributed by atoms with van der Waals surface area (Å²) in [6, 6.07) is 9.47. The zero-order valence-corrected chi connectivity index (χ0v) is 9.64. The highest BCUT2D eigenvalue weighted by molar-refractivity contribution is 6.43. The third-order valence-electron chi connectivity index (χ3n) is 2.60. The first-order valence-corrected chi connectivity index (χ1v) is 5.49. The number of benzene rings is 2. The van der Waals surface area contributed by atoms with Gasteiger partial charge in [-0.15, -0.1) is 0 Å². The largest absolute Gasteiger partial charge is 0.454 e. The van der Waals surface area contributed by atoms with Crippen LogP contribution in [0.25, 0.3) is 21.9 Å². The standard InChI is InChI=1S/C12H7Cl2NO/c13-8-5-7-6-3-1-2-4-9(6)16-12(7)10(14)11(8)15/h1-5H,15H2. The number of nitrogen functional groups attached to an aromatic ring is 1. The fourth-order valence-corrected chi connectivity index (χ4v) is 2.30. The van der Waals surface area contributed by atoms with Crippen LogP contribution < -0.4 is 5.73 Å². The molecule has 0 aliphatic rings. The summed E-state index contributed by atoms with van der Waals surface area (Å²) in [5.74, 6) is 0. The average Bonchev–Trinajstić information content (AvgIpc) is 2.65. The lowest BCUT2D eigenvalue weighted by Crippen LogP contribution is -1.87. The Bertz CT molecular complexity index is 703. The van der Waals surface area contributed by atoms with E-state index < -0.39 is 0 Å². The summed E-state index contributed by atoms with van der Waals surface area (Å²) in [4.78, 5) is 0. The van der Waals surface area contributed by atoms with Crippen molar-refractivity contribution in [2.75, 3.05) is 5.73 Å². The van der Waals surface area contributed by atoms with E-state index >= 15 is 0 Å². The molecule has 3 rings (SSSR count). The minimum Gasteiger partial charge on any atom is -0.454 e. The van der Waals surface area contributed by atoms with Crippen molar-refractivity contribution in [3.63, 3.8) is 0 Å². The van der Waals surface area contributed by atoms with Crippen molar-refractivity contribution in [2.24, 2.45) is 0 Å². The van der Waals surface area contributed by atoms with Gasteiger partial charge in [-0.2, -0.15) is 0 Å². The van der Waals surface area contributed by atoms with E-state index in [4.69, 9.17) is 33.4 Å². The molecule has 2 aromatic carbocycles. The molecule has 0 spiro atoms. The molecule has 2 nitrogen and oxygen atoms in total. The Kier molecular flexibility index (Phi) is 2.03. The molecule has 16 heavy (non-hydrogen) atoms. The van der Waals surface area contributed by atoms with Crippen molar-refractivity contribution in [3.05, 3.63) is 40.4 Å². The van der Waals surface area contributed by atoms with Gasteiger partial charge in [0.1, 0.15) is 10.6 Å². The molecule has 0 saturated carbocycles. The summed E-state index contributed by atoms with van der Waals surface area (Å²) in [5.41, 5.74) is 7.47. The van der Waals surface area contributed by atoms with Crippen LogP contribution in [0.5, 0.6) is 0 Å². The quantitative estimate of drug-likeness (QED) is 0.599. The Labute approximate surface area is 102 Å². The predicted molar refractivity (Wildman–Crippen MR) is 68.2 cm³/mol. The Balaban J connectivity index is 2.60. The van der Waals surface area contributed by atoms with Crippen molar-refractivity contribution in [1.82, 2.24) is 0 Å². The van der Waals surface area contributed by atoms with Crippen molar-refractivity contribution in [2.45, 2.75) is 0 Å². The first-order chi connectivity index (χ1) is 7.68. The maximum absolute atomic E-state index is 6.10. The summed E-state index contributed by atoms with van der Waals surface area (Å²) in [7, 11) is 0. The number of rotatable bonds is 0. The minimum atomic E-state index is 0.356. The van der Waals surface area contributed by atoms with Crippen LogP contribution in [0, 0.1) is 0 Å². The van der Waals surface area contributed by atoms with E-state index in [0.29, 0.717) is 21.3 Å². The maximum atomic E-state index is 6.10. The second kappa shape index (κ2) is 3.30. The predicted octanol–water partition coefficient (Wildman–Crippen LogP) is 4.48. The summed E-state index contributed by atoms with van der Waals surface area (Å²) in [6.07, 6.45) is 0. The molecule has 1 heterocycles. The monoisotopic (exact) mass is 251 g/mol. The van der Waals surface area contributed by atoms with Crippen LogP contribution in [-0.4, -0.2) is 0 Å². The van der Waals surface area contributed by atoms with E-state index in [1.165, 1.54) is 0 Å². The molecule has 3 aromatic rings. The Morgan fingerprint density at radius 3 is 2.62 bits per heavy atom. The van der Waals surface area contributed by atoms with Crippen LogP contribution in [0.15, 0.2) is 34.7 Å². The van der Waals surface area contributed by atoms with Crippen molar-refractivity contribution >= 4 is 50.8 Å². The summed E-state index contributed by atoms with van der Waals surface area (Å²) >= 11 is 12.1. The second-order valence-electron chi connectivity index (χ2n) is 3.56. The molecule has 0 fully saturated rings. The molecule has 0 unspecified atom stereocenters. The molecule has 0 radical (unpaired) electrons. The highest BCUT2D eigenvalue weighted by Gasteiger charge is 2.14. The summed E-state index contributed by atoms with van der Waals surface area (Å²) in [5, 5.41) is 2.70. The topological polar surface area (TPSA) is 39.2 Å². The SMILES string of the molecule is Nc1c(Cl)cc2c(oc3ccccc32)c1Cl. The molecule has 0 saturated heterocycles. The van der Waals surface area contributed by atoms with Crippen LogP contribution >= 0.6 is 23.2 Å². The van der Waals surface area contributed by atoms with Crippen molar-refractivity contribution in [3.8, 4) is 0 Å². The number of furan rings is 1. The van der Waals surface area contributed by atoms with Crippen LogP contribution in [0.1, 0.15) is 0 Å². The first-order valence-electron chi connectivity index (χ1n) is 4.73. The van der Waals surface area contributed by atoms with Gasteiger partial charge in [-0.3, -0.25) is 0 Å². The lowest BCUT2D eigenvalue weighted by Gasteiger charge is -2.00. The van der Waals surface area contributed by atoms with Crippen LogP contribution in [0.3, 0.4) is 0 Å². The molecule has 80 valence electrons. The summed E-state index contributed by atoms with van der Waals surface area (Å²) in [6.45, 7) is 0. The fraction of sp³-hybridized carbons (Fsp3) is 0. The van der Waals surface area contributed by atoms with E-state index in [1.54, 1.807) is 6.07 Å². The van der Waals surface area contributed by atoms with Gasteiger partial charge in [0, 0.05) is 10.8 Å². The van der Waals surface area contributed by atoms with Crippen LogP contribution in [0.4, 0.5) is 5.69 Å². The first kappa shape index (κ1) is 9.82. The number of nitrogens with two attached hydrogens (primary N) is 1. The average molecular weight is 252 g/mol. The van der Waals surface area contributed by atoms with E-state index in [0.717, 1.165) is 16.4 Å². The number of hydrogen-bond acceptors (Lipinski definition) is 2. The lowest BCUT2D eigenvalue weighted by molar-refractivity contribution is 0.669. The van der Waals surface area contributed by atoms with Crippen molar-refractivity contribution in [1.29, 1.82) is 0 Å². The molecule has 0 amide bonds. The Hall–Kier alpha value is -1.38. The number of anilines is 1. The van der Waals surface area contributed by atoms with Crippen LogP contribution in [0.2, 0.25) is 10.0 Å². The van der Waals surface area contributed by atoms with E-state index in [1.807, 2.05) is 24.3 Å². The summed E-state index contributed by atoms with van der Waals surface area (Å²) < 4.78 is 5.65. The maximum Gasteiger partial charge on any atom is 0.156 e. The highest BCUT2D eigenvalue weighted by atomic mass is 35.5. The third-order valence-corrected chi connectivity index (χ3v) is 3.29.